The van der Waals surface area contributed by atoms with E-state index in [2.05, 4.69) is 167 Å². The third-order valence-corrected chi connectivity index (χ3v) is 20.4. The Morgan fingerprint density at radius 1 is 0.261 bits per heavy atom. The third-order valence-electron chi connectivity index (χ3n) is 18.5. The number of ether oxygens (including phenoxy) is 3. The lowest BCUT2D eigenvalue weighted by Gasteiger charge is -2.21. The van der Waals surface area contributed by atoms with Gasteiger partial charge in [-0.15, -0.1) is 0 Å². The zero-order valence-corrected chi connectivity index (χ0v) is 71.9. The largest absolute Gasteiger partial charge is 0.472 e. The Kier molecular flexibility index (Phi) is 81.3. The molecule has 5 atom stereocenters. The van der Waals surface area contributed by atoms with Crippen LogP contribution in [0.3, 0.4) is 0 Å². The number of phosphoric acid groups is 2. The Hall–Kier alpha value is -4.57. The van der Waals surface area contributed by atoms with Crippen LogP contribution in [0.15, 0.2) is 146 Å². The molecule has 0 rings (SSSR count). The number of carbonyl (C=O) groups excluding carboxylic acids is 3. The summed E-state index contributed by atoms with van der Waals surface area (Å²) in [6, 6.07) is 0. The highest BCUT2D eigenvalue weighted by molar-refractivity contribution is 7.47. The lowest BCUT2D eigenvalue weighted by Crippen LogP contribution is -2.30. The van der Waals surface area contributed by atoms with Crippen LogP contribution in [0.25, 0.3) is 0 Å². The van der Waals surface area contributed by atoms with E-state index in [9.17, 15) is 43.5 Å². The summed E-state index contributed by atoms with van der Waals surface area (Å²) in [7, 11) is -9.80. The molecule has 0 heterocycles. The Morgan fingerprint density at radius 3 is 0.757 bits per heavy atom. The third kappa shape index (κ3) is 86.1. The molecule has 0 aliphatic carbocycles. The number of aliphatic hydroxyl groups is 2. The van der Waals surface area contributed by atoms with E-state index in [4.69, 9.17) is 32.3 Å². The summed E-state index contributed by atoms with van der Waals surface area (Å²) >= 11 is 0. The van der Waals surface area contributed by atoms with Gasteiger partial charge in [0.25, 0.3) is 0 Å². The maximum atomic E-state index is 13.0. The molecule has 0 aliphatic rings. The van der Waals surface area contributed by atoms with E-state index in [1.54, 1.807) is 0 Å². The van der Waals surface area contributed by atoms with Gasteiger partial charge in [0.15, 0.2) is 6.10 Å². The van der Waals surface area contributed by atoms with Gasteiger partial charge >= 0.3 is 33.6 Å². The average Bonchev–Trinajstić information content (AvgIpc) is 0.908. The summed E-state index contributed by atoms with van der Waals surface area (Å²) in [6.45, 7) is 2.53. The maximum absolute atomic E-state index is 13.0. The van der Waals surface area contributed by atoms with Crippen LogP contribution in [0.5, 0.6) is 0 Å². The second-order valence-electron chi connectivity index (χ2n) is 29.3. The lowest BCUT2D eigenvalue weighted by atomic mass is 10.0. The molecule has 0 aromatic heterocycles. The summed E-state index contributed by atoms with van der Waals surface area (Å²) < 4.78 is 61.3. The molecule has 0 radical (unpaired) electrons. The molecule has 0 amide bonds. The first-order valence-electron chi connectivity index (χ1n) is 44.1. The Bertz CT molecular complexity index is 2600. The first-order chi connectivity index (χ1) is 54.2. The van der Waals surface area contributed by atoms with E-state index >= 15 is 0 Å². The predicted molar refractivity (Wildman–Crippen MR) is 463 cm³/mol. The number of unbranched alkanes of at least 4 members (excludes halogenated alkanes) is 36. The summed E-state index contributed by atoms with van der Waals surface area (Å²) in [4.78, 5) is 58.8. The Morgan fingerprint density at radius 2 is 0.477 bits per heavy atom. The van der Waals surface area contributed by atoms with Crippen LogP contribution >= 0.6 is 15.6 Å². The van der Waals surface area contributed by atoms with Gasteiger partial charge in [0.05, 0.1) is 26.4 Å². The van der Waals surface area contributed by atoms with Gasteiger partial charge in [0.1, 0.15) is 25.4 Å². The van der Waals surface area contributed by atoms with Crippen molar-refractivity contribution in [1.29, 1.82) is 0 Å². The molecule has 4 N–H and O–H groups in total. The molecule has 638 valence electrons. The van der Waals surface area contributed by atoms with Gasteiger partial charge in [-0.25, -0.2) is 9.13 Å². The molecule has 111 heavy (non-hydrogen) atoms. The molecular formula is C93H160O16P2. The number of allylic oxidation sites excluding steroid dienone is 24. The Labute approximate surface area is 677 Å². The van der Waals surface area contributed by atoms with Crippen LogP contribution in [-0.2, 0) is 55.8 Å². The van der Waals surface area contributed by atoms with Crippen molar-refractivity contribution in [2.45, 2.75) is 386 Å². The van der Waals surface area contributed by atoms with Crippen LogP contribution in [-0.4, -0.2) is 95.9 Å². The first kappa shape index (κ1) is 106. The molecule has 5 unspecified atom stereocenters. The number of hydrogen-bond acceptors (Lipinski definition) is 14. The molecule has 0 aromatic carbocycles. The van der Waals surface area contributed by atoms with Gasteiger partial charge in [-0.3, -0.25) is 32.5 Å². The predicted octanol–water partition coefficient (Wildman–Crippen LogP) is 26.8. The van der Waals surface area contributed by atoms with Crippen LogP contribution in [0, 0.1) is 0 Å². The van der Waals surface area contributed by atoms with Gasteiger partial charge < -0.3 is 34.2 Å². The fourth-order valence-electron chi connectivity index (χ4n) is 11.8. The van der Waals surface area contributed by atoms with Gasteiger partial charge in [0, 0.05) is 19.3 Å². The topological polar surface area (TPSA) is 231 Å². The van der Waals surface area contributed by atoms with E-state index in [1.165, 1.54) is 148 Å². The van der Waals surface area contributed by atoms with E-state index < -0.39 is 91.5 Å². The molecule has 0 aliphatic heterocycles. The minimum atomic E-state index is -4.94. The zero-order valence-electron chi connectivity index (χ0n) is 70.1. The minimum absolute atomic E-state index is 0.0871. The summed E-state index contributed by atoms with van der Waals surface area (Å²) in [6.07, 6.45) is 106. The van der Waals surface area contributed by atoms with Crippen molar-refractivity contribution in [3.63, 3.8) is 0 Å². The molecule has 0 saturated carbocycles. The monoisotopic (exact) mass is 1600 g/mol. The van der Waals surface area contributed by atoms with Crippen molar-refractivity contribution >= 4 is 33.6 Å². The molecular weight excluding hydrogens is 1430 g/mol. The van der Waals surface area contributed by atoms with Crippen molar-refractivity contribution in [2.24, 2.45) is 0 Å². The first-order valence-corrected chi connectivity index (χ1v) is 47.1. The Balaban J connectivity index is 4.50. The highest BCUT2D eigenvalue weighted by Gasteiger charge is 2.29. The highest BCUT2D eigenvalue weighted by Crippen LogP contribution is 2.45. The van der Waals surface area contributed by atoms with Crippen molar-refractivity contribution in [2.75, 3.05) is 39.6 Å². The summed E-state index contributed by atoms with van der Waals surface area (Å²) in [5.74, 6) is -1.59. The molecule has 0 saturated heterocycles. The van der Waals surface area contributed by atoms with Gasteiger partial charge in [0.2, 0.25) is 0 Å². The summed E-state index contributed by atoms with van der Waals surface area (Å²) in [5, 5.41) is 20.7. The van der Waals surface area contributed by atoms with Crippen LogP contribution in [0.2, 0.25) is 0 Å². The fraction of sp³-hybridized carbons (Fsp3) is 0.710. The van der Waals surface area contributed by atoms with Crippen LogP contribution < -0.4 is 0 Å². The van der Waals surface area contributed by atoms with E-state index in [-0.39, 0.29) is 19.3 Å². The average molecular weight is 1600 g/mol. The van der Waals surface area contributed by atoms with E-state index in [1.807, 2.05) is 0 Å². The van der Waals surface area contributed by atoms with E-state index in [0.717, 1.165) is 161 Å². The maximum Gasteiger partial charge on any atom is 0.472 e. The van der Waals surface area contributed by atoms with E-state index in [0.29, 0.717) is 19.3 Å². The lowest BCUT2D eigenvalue weighted by molar-refractivity contribution is -0.161. The molecule has 0 fully saturated rings. The number of phosphoric ester groups is 2. The van der Waals surface area contributed by atoms with Gasteiger partial charge in [-0.2, -0.15) is 0 Å². The van der Waals surface area contributed by atoms with Gasteiger partial charge in [-0.05, 0) is 148 Å². The highest BCUT2D eigenvalue weighted by atomic mass is 31.2. The number of esters is 3. The second-order valence-corrected chi connectivity index (χ2v) is 32.2. The number of carbonyl (C=O) groups is 3. The van der Waals surface area contributed by atoms with Crippen molar-refractivity contribution in [1.82, 2.24) is 0 Å². The fourth-order valence-corrected chi connectivity index (χ4v) is 13.4. The van der Waals surface area contributed by atoms with Crippen molar-refractivity contribution in [3.05, 3.63) is 146 Å². The minimum Gasteiger partial charge on any atom is -0.463 e. The van der Waals surface area contributed by atoms with Crippen LogP contribution in [0.4, 0.5) is 0 Å². The second kappa shape index (κ2) is 84.8. The molecule has 0 aromatic rings. The summed E-state index contributed by atoms with van der Waals surface area (Å²) in [5.41, 5.74) is 0. The number of rotatable bonds is 83. The van der Waals surface area contributed by atoms with Crippen molar-refractivity contribution in [3.8, 4) is 0 Å². The SMILES string of the molecule is CC/C=C\C/C=C\C/C=C\C/C=C\C/C=C\C/C=C\CCCCCCCCCCCCCCC(=O)OCC(O)COP(=O)(O)OCC(O)COP(=O)(O)OCC(COC(=O)CCCCCCCCCCCCCCC/C=C\C/C=C\C/C=C\C/C=C\CCCCC)OC(=O)CCCCCCC/C=C\C/C=C\CCCCC. The quantitative estimate of drug-likeness (QED) is 0.0146. The van der Waals surface area contributed by atoms with Gasteiger partial charge in [-0.1, -0.05) is 346 Å². The number of aliphatic hydroxyl groups excluding tert-OH is 2. The molecule has 0 bridgehead atoms. The zero-order chi connectivity index (χ0) is 80.8. The molecule has 0 spiro atoms. The van der Waals surface area contributed by atoms with Crippen LogP contribution in [0.1, 0.15) is 367 Å². The smallest absolute Gasteiger partial charge is 0.463 e. The molecule has 18 heteroatoms. The molecule has 16 nitrogen and oxygen atoms in total. The standard InChI is InChI=1S/C93H160O16P2/c1-4-7-10-13-16-19-22-25-28-30-32-34-36-38-40-42-43-45-47-48-50-52-54-56-59-61-64-67-70-73-76-79-91(96)103-82-88(94)83-105-110(99,100)106-84-89(95)85-107-111(101,102)108-87-90(109-93(98)81-78-75-72-69-66-63-58-27-24-21-18-15-12-9-6-3)86-104-92(97)80-77-74-71-68-65-62-60-57-55-53-51-49-46-44-41-39-37-35-33-31-29-26-23-20-17-14-11-8-5-2/h7,10,16-21,25-29,32-35,38-41,43,45,58,88-90,94-95H,4-6,8-9,11-15,22-24,30-31,36-37,42,44,46-57,59-87H2,1-3H3,(H,99,100)(H,101,102)/b10-7-,19-16-,20-17-,21-18-,28-25-,29-26-,34-32-,35-33-,40-38-,41-39-,45-43-,58-27-. The normalized spacial score (nSPS) is 14.5. The van der Waals surface area contributed by atoms with Crippen molar-refractivity contribution < 1.29 is 75.8 Å². The number of hydrogen-bond donors (Lipinski definition) is 4.